The Labute approximate surface area is 344 Å². The molecule has 0 spiro atoms. The third-order valence-corrected chi connectivity index (χ3v) is 11.2. The summed E-state index contributed by atoms with van der Waals surface area (Å²) >= 11 is 0. The lowest BCUT2D eigenvalue weighted by molar-refractivity contribution is -0.144. The highest BCUT2D eigenvalue weighted by atomic mass is 16.4. The van der Waals surface area contributed by atoms with Crippen LogP contribution in [-0.4, -0.2) is 82.6 Å². The van der Waals surface area contributed by atoms with Gasteiger partial charge in [-0.15, -0.1) is 20.4 Å². The predicted molar refractivity (Wildman–Crippen MR) is 218 cm³/mol. The van der Waals surface area contributed by atoms with Crippen LogP contribution in [0.2, 0.25) is 0 Å². The second-order valence-electron chi connectivity index (χ2n) is 15.5. The number of carbonyl (C=O) groups is 2. The summed E-state index contributed by atoms with van der Waals surface area (Å²) in [5, 5.41) is 60.4. The lowest BCUT2D eigenvalue weighted by Gasteiger charge is -2.24. The minimum atomic E-state index is -1.27. The molecule has 6 rings (SSSR count). The van der Waals surface area contributed by atoms with E-state index in [1.54, 1.807) is 38.4 Å². The maximum absolute atomic E-state index is 12.8. The van der Waals surface area contributed by atoms with Crippen LogP contribution < -0.4 is 11.2 Å². The van der Waals surface area contributed by atoms with E-state index in [0.717, 1.165) is 26.8 Å². The summed E-state index contributed by atoms with van der Waals surface area (Å²) in [5.74, 6) is -3.81. The normalized spacial score (nSPS) is 14.6. The van der Waals surface area contributed by atoms with Gasteiger partial charge in [-0.1, -0.05) is 91.2 Å². The minimum Gasteiger partial charge on any atom is -0.481 e. The van der Waals surface area contributed by atoms with Crippen molar-refractivity contribution in [2.45, 2.75) is 82.7 Å². The second kappa shape index (κ2) is 18.9. The van der Waals surface area contributed by atoms with Gasteiger partial charge < -0.3 is 19.9 Å². The first-order valence-corrected chi connectivity index (χ1v) is 19.8. The number of nitrogens with one attached hydrogen (secondary N) is 2. The Kier molecular flexibility index (Phi) is 13.5. The van der Waals surface area contributed by atoms with Crippen molar-refractivity contribution in [2.75, 3.05) is 0 Å². The van der Waals surface area contributed by atoms with Gasteiger partial charge >= 0.3 is 17.6 Å². The van der Waals surface area contributed by atoms with Crippen molar-refractivity contribution in [2.24, 2.45) is 25.9 Å². The van der Waals surface area contributed by atoms with E-state index in [1.165, 1.54) is 17.8 Å². The number of rotatable bonds is 20. The Morgan fingerprint density at radius 1 is 0.750 bits per heavy atom. The van der Waals surface area contributed by atoms with Crippen molar-refractivity contribution in [3.63, 3.8) is 0 Å². The molecular weight excluding hydrogens is 771 g/mol. The number of H-pyrrole nitrogens is 2. The summed E-state index contributed by atoms with van der Waals surface area (Å²) in [6, 6.07) is 18.6. The molecule has 5 N–H and O–H groups in total. The van der Waals surface area contributed by atoms with Gasteiger partial charge in [-0.3, -0.25) is 23.9 Å². The van der Waals surface area contributed by atoms with Crippen LogP contribution in [0.3, 0.4) is 0 Å². The molecule has 4 aromatic heterocycles. The first-order chi connectivity index (χ1) is 28.8. The third kappa shape index (κ3) is 9.94. The molecule has 5 atom stereocenters. The van der Waals surface area contributed by atoms with E-state index in [1.807, 2.05) is 49.4 Å². The fraction of sp³-hybridized carbons (Fsp3) is 0.405. The Hall–Kier alpha value is -6.69. The van der Waals surface area contributed by atoms with Crippen LogP contribution in [0.25, 0.3) is 22.3 Å². The molecule has 0 amide bonds. The van der Waals surface area contributed by atoms with Crippen LogP contribution in [0, 0.1) is 11.8 Å². The average molecular weight is 820 g/mol. The molecule has 2 aromatic carbocycles. The summed E-state index contributed by atoms with van der Waals surface area (Å²) < 4.78 is 2.39. The number of aromatic amines is 2. The van der Waals surface area contributed by atoms with Crippen LogP contribution in [-0.2, 0) is 42.1 Å². The molecule has 18 nitrogen and oxygen atoms in total. The molecule has 0 fully saturated rings. The molecule has 5 unspecified atom stereocenters. The number of pyridine rings is 1. The number of hydrogen-bond donors (Lipinski definition) is 5. The van der Waals surface area contributed by atoms with Crippen LogP contribution in [0.4, 0.5) is 0 Å². The second-order valence-corrected chi connectivity index (χ2v) is 15.5. The number of aliphatic hydroxyl groups is 1. The van der Waals surface area contributed by atoms with Crippen molar-refractivity contribution in [3.05, 3.63) is 122 Å². The minimum absolute atomic E-state index is 0.274. The van der Waals surface area contributed by atoms with Crippen molar-refractivity contribution in [1.29, 1.82) is 0 Å². The van der Waals surface area contributed by atoms with E-state index < -0.39 is 52.5 Å². The Bertz CT molecular complexity index is 2460. The standard InChI is InChI=1S/C42H49N11O7/c1-5-8-30(39(55)56)32(36-44-48-49-45-36)21-25-10-14-27(15-11-25)29-18-19-35(43-23-29)42(2,60)20-7-6-9-31(40(57)58)33(37-46-50-51-47-37)22-26-12-16-28(17-13-26)34-24-52(3)41(59)53(4)38(34)54/h10-19,23-24,30-33,60H,5-9,20-22H2,1-4H3,(H,55,56)(H,57,58)(H,44,45,48,49)(H,46,47,50,51). The maximum Gasteiger partial charge on any atom is 0.330 e. The lowest BCUT2D eigenvalue weighted by Crippen LogP contribution is -2.37. The van der Waals surface area contributed by atoms with Gasteiger partial charge in [0.05, 0.1) is 23.1 Å². The van der Waals surface area contributed by atoms with E-state index in [4.69, 9.17) is 0 Å². The topological polar surface area (TPSA) is 261 Å². The molecule has 6 aromatic rings. The van der Waals surface area contributed by atoms with E-state index in [9.17, 15) is 34.5 Å². The SMILES string of the molecule is CCCC(C(=O)O)C(Cc1ccc(-c2ccc(C(C)(O)CCCCC(C(=O)O)C(Cc3ccc(-c4cn(C)c(=O)n(C)c4=O)cc3)c3nn[nH]n3)nc2)cc1)c1nn[nH]n1. The maximum atomic E-state index is 12.8. The zero-order valence-corrected chi connectivity index (χ0v) is 33.9. The molecule has 0 saturated heterocycles. The first-order valence-electron chi connectivity index (χ1n) is 19.8. The van der Waals surface area contributed by atoms with E-state index in [-0.39, 0.29) is 5.82 Å². The number of carboxylic acid groups (broad SMARTS) is 2. The molecule has 0 saturated carbocycles. The molecule has 0 aliphatic heterocycles. The smallest absolute Gasteiger partial charge is 0.330 e. The van der Waals surface area contributed by atoms with Crippen molar-refractivity contribution >= 4 is 11.9 Å². The van der Waals surface area contributed by atoms with Crippen LogP contribution in [0.1, 0.15) is 92.7 Å². The number of carboxylic acids is 2. The molecule has 60 heavy (non-hydrogen) atoms. The fourth-order valence-corrected chi connectivity index (χ4v) is 7.80. The number of benzene rings is 2. The molecule has 4 heterocycles. The largest absolute Gasteiger partial charge is 0.481 e. The zero-order chi connectivity index (χ0) is 43.0. The predicted octanol–water partition coefficient (Wildman–Crippen LogP) is 4.16. The molecule has 314 valence electrons. The summed E-state index contributed by atoms with van der Waals surface area (Å²) in [4.78, 5) is 54.4. The van der Waals surface area contributed by atoms with Gasteiger partial charge in [-0.25, -0.2) is 4.79 Å². The number of tetrazole rings is 2. The molecule has 18 heteroatoms. The van der Waals surface area contributed by atoms with Gasteiger partial charge in [0.1, 0.15) is 5.60 Å². The number of aromatic nitrogens is 11. The molecule has 0 aliphatic rings. The molecule has 0 radical (unpaired) electrons. The quantitative estimate of drug-likeness (QED) is 0.0678. The van der Waals surface area contributed by atoms with Crippen molar-refractivity contribution < 1.29 is 24.9 Å². The number of nitrogens with zero attached hydrogens (tertiary/aromatic N) is 9. The van der Waals surface area contributed by atoms with Gasteiger partial charge in [0.2, 0.25) is 0 Å². The van der Waals surface area contributed by atoms with E-state index in [0.29, 0.717) is 74.0 Å². The van der Waals surface area contributed by atoms with E-state index in [2.05, 4.69) is 46.2 Å². The summed E-state index contributed by atoms with van der Waals surface area (Å²) in [6.45, 7) is 3.64. The highest BCUT2D eigenvalue weighted by Crippen LogP contribution is 2.34. The number of aliphatic carboxylic acids is 2. The molecular formula is C42H49N11O7. The molecule has 0 aliphatic carbocycles. The number of hydrogen-bond acceptors (Lipinski definition) is 12. The summed E-state index contributed by atoms with van der Waals surface area (Å²) in [6.07, 6.45) is 6.79. The van der Waals surface area contributed by atoms with Crippen LogP contribution >= 0.6 is 0 Å². The van der Waals surface area contributed by atoms with Gasteiger partial charge in [0.15, 0.2) is 11.6 Å². The van der Waals surface area contributed by atoms with Gasteiger partial charge in [-0.05, 0) is 67.3 Å². The molecule has 0 bridgehead atoms. The summed E-state index contributed by atoms with van der Waals surface area (Å²) in [7, 11) is 3.00. The van der Waals surface area contributed by atoms with Crippen molar-refractivity contribution in [1.82, 2.24) is 55.4 Å². The Morgan fingerprint density at radius 2 is 1.28 bits per heavy atom. The van der Waals surface area contributed by atoms with Gasteiger partial charge in [-0.2, -0.15) is 10.4 Å². The van der Waals surface area contributed by atoms with Crippen molar-refractivity contribution in [3.8, 4) is 22.3 Å². The number of aryl methyl sites for hydroxylation is 1. The Morgan fingerprint density at radius 3 is 1.77 bits per heavy atom. The van der Waals surface area contributed by atoms with Crippen LogP contribution in [0.5, 0.6) is 0 Å². The highest BCUT2D eigenvalue weighted by Gasteiger charge is 2.34. The first kappa shape index (κ1) is 42.9. The summed E-state index contributed by atoms with van der Waals surface area (Å²) in [5.41, 5.74) is 2.83. The van der Waals surface area contributed by atoms with E-state index >= 15 is 0 Å². The monoisotopic (exact) mass is 819 g/mol. The van der Waals surface area contributed by atoms with Crippen LogP contribution in [0.15, 0.2) is 82.6 Å². The lowest BCUT2D eigenvalue weighted by atomic mass is 9.82. The van der Waals surface area contributed by atoms with Gasteiger partial charge in [0, 0.05) is 43.9 Å². The average Bonchev–Trinajstić information content (AvgIpc) is 3.99. The third-order valence-electron chi connectivity index (χ3n) is 11.2. The number of unbranched alkanes of at least 4 members (excludes halogenated alkanes) is 1. The highest BCUT2D eigenvalue weighted by molar-refractivity contribution is 5.72. The fourth-order valence-electron chi connectivity index (χ4n) is 7.80. The van der Waals surface area contributed by atoms with Gasteiger partial charge in [0.25, 0.3) is 5.56 Å². The Balaban J connectivity index is 1.07. The zero-order valence-electron chi connectivity index (χ0n) is 33.9.